The molecule has 0 bridgehead atoms. The summed E-state index contributed by atoms with van der Waals surface area (Å²) in [4.78, 5) is 21.0. The van der Waals surface area contributed by atoms with Crippen molar-refractivity contribution < 1.29 is 52.5 Å². The summed E-state index contributed by atoms with van der Waals surface area (Å²) in [7, 11) is 0. The Hall–Kier alpha value is 0.140. The van der Waals surface area contributed by atoms with E-state index in [4.69, 9.17) is 8.22 Å². The minimum Gasteiger partial charge on any atom is -0.542 e. The monoisotopic (exact) mass is 159 g/mol. The first kappa shape index (κ1) is 4.24. The zero-order chi connectivity index (χ0) is 12.7. The molecule has 1 atom stereocenters. The van der Waals surface area contributed by atoms with Gasteiger partial charge in [-0.1, -0.05) is 13.8 Å². The molecule has 1 unspecified atom stereocenters. The smallest absolute Gasteiger partial charge is 0.542 e. The van der Waals surface area contributed by atoms with Crippen molar-refractivity contribution in [2.24, 2.45) is 5.89 Å². The number of carbonyl (C=O) groups is 2. The normalized spacial score (nSPS) is 26.1. The molecule has 0 aliphatic rings. The standard InChI is InChI=1S/C6H10O3.Na/c1-4(2)3-5(7)6(8)9;/h4H,3H2,1-2H3,(H,8,9);/q;+1/p-1/i1D3,2+1,3D2,4D;. The number of hydrogen-bond acceptors (Lipinski definition) is 3. The van der Waals surface area contributed by atoms with Crippen LogP contribution in [0.25, 0.3) is 0 Å². The third-order valence-electron chi connectivity index (χ3n) is 0.486. The summed E-state index contributed by atoms with van der Waals surface area (Å²) in [6, 6.07) is 0. The molecule has 0 saturated heterocycles. The average molecular weight is 159 g/mol. The molecule has 4 heteroatoms. The molecule has 0 aromatic carbocycles. The molecule has 0 rings (SSSR count). The number of carboxylic acid groups (broad SMARTS) is 1. The first-order valence-electron chi connectivity index (χ1n) is 5.11. The van der Waals surface area contributed by atoms with Crippen LogP contribution in [0.4, 0.5) is 0 Å². The SMILES string of the molecule is [2H]C([2H])([2H])C([2H])([13CH3])C([2H])([2H])C(=O)C(=O)[O-].[Na+]. The first-order valence-corrected chi connectivity index (χ1v) is 2.11. The van der Waals surface area contributed by atoms with E-state index < -0.39 is 30.9 Å². The third-order valence-corrected chi connectivity index (χ3v) is 0.486. The van der Waals surface area contributed by atoms with Gasteiger partial charge in [-0.05, 0) is 5.89 Å². The Bertz CT molecular complexity index is 297. The second kappa shape index (κ2) is 5.89. The molecular formula is C6H9NaO3. The maximum Gasteiger partial charge on any atom is 1.00 e. The molecule has 10 heavy (non-hydrogen) atoms. The van der Waals surface area contributed by atoms with Crippen molar-refractivity contribution in [2.75, 3.05) is 0 Å². The molecule has 0 radical (unpaired) electrons. The molecule has 0 fully saturated rings. The summed E-state index contributed by atoms with van der Waals surface area (Å²) < 4.78 is 42.0. The number of rotatable bonds is 3. The third kappa shape index (κ3) is 6.26. The van der Waals surface area contributed by atoms with Crippen molar-refractivity contribution in [3.05, 3.63) is 0 Å². The van der Waals surface area contributed by atoms with Crippen LogP contribution in [0, 0.1) is 5.89 Å². The van der Waals surface area contributed by atoms with E-state index >= 15 is 0 Å². The van der Waals surface area contributed by atoms with Gasteiger partial charge < -0.3 is 9.90 Å². The Morgan fingerprint density at radius 3 is 2.70 bits per heavy atom. The zero-order valence-corrected chi connectivity index (χ0v) is 7.72. The van der Waals surface area contributed by atoms with Crippen molar-refractivity contribution >= 4 is 11.8 Å². The molecule has 0 heterocycles. The fourth-order valence-electron chi connectivity index (χ4n) is 0.221. The van der Waals surface area contributed by atoms with Gasteiger partial charge in [-0.15, -0.1) is 0 Å². The summed E-state index contributed by atoms with van der Waals surface area (Å²) in [6.45, 7) is -2.48. The van der Waals surface area contributed by atoms with Crippen molar-refractivity contribution in [3.63, 3.8) is 0 Å². The van der Waals surface area contributed by atoms with E-state index in [0.717, 1.165) is 0 Å². The van der Waals surface area contributed by atoms with Gasteiger partial charge >= 0.3 is 29.6 Å². The number of aliphatic carboxylic acids is 1. The van der Waals surface area contributed by atoms with E-state index in [9.17, 15) is 14.7 Å². The van der Waals surface area contributed by atoms with Crippen molar-refractivity contribution in [2.45, 2.75) is 20.1 Å². The largest absolute Gasteiger partial charge is 1.00 e. The molecule has 0 aromatic rings. The van der Waals surface area contributed by atoms with Crippen LogP contribution in [0.1, 0.15) is 28.4 Å². The summed E-state index contributed by atoms with van der Waals surface area (Å²) in [5.74, 6) is -7.24. The summed E-state index contributed by atoms with van der Waals surface area (Å²) >= 11 is 0. The van der Waals surface area contributed by atoms with Gasteiger partial charge in [0, 0.05) is 14.6 Å². The van der Waals surface area contributed by atoms with Gasteiger partial charge in [0.15, 0.2) is 5.78 Å². The van der Waals surface area contributed by atoms with Gasteiger partial charge in [-0.25, -0.2) is 0 Å². The van der Waals surface area contributed by atoms with E-state index in [1.807, 2.05) is 0 Å². The maximum absolute atomic E-state index is 10.9. The Kier molecular flexibility index (Phi) is 2.50. The van der Waals surface area contributed by atoms with Crippen molar-refractivity contribution in [3.8, 4) is 0 Å². The van der Waals surface area contributed by atoms with E-state index in [1.165, 1.54) is 0 Å². The van der Waals surface area contributed by atoms with Crippen LogP contribution in [0.3, 0.4) is 0 Å². The molecular weight excluding hydrogens is 144 g/mol. The predicted molar refractivity (Wildman–Crippen MR) is 29.5 cm³/mol. The Morgan fingerprint density at radius 2 is 2.40 bits per heavy atom. The van der Waals surface area contributed by atoms with Gasteiger partial charge in [0.1, 0.15) is 5.97 Å². The number of hydrogen-bond donors (Lipinski definition) is 0. The molecule has 3 nitrogen and oxygen atoms in total. The molecule has 0 aliphatic carbocycles. The van der Waals surface area contributed by atoms with Gasteiger partial charge in [0.2, 0.25) is 0 Å². The number of ketones is 1. The number of carboxylic acids is 1. The Labute approximate surface area is 90.5 Å². The minimum absolute atomic E-state index is 0. The van der Waals surface area contributed by atoms with Crippen LogP contribution in [0.5, 0.6) is 0 Å². The van der Waals surface area contributed by atoms with E-state index in [1.54, 1.807) is 0 Å². The number of Topliss-reactive ketones (excluding diaryl/α,β-unsaturated/α-hetero) is 1. The molecule has 52 valence electrons. The molecule has 0 aromatic heterocycles. The minimum atomic E-state index is -3.34. The van der Waals surface area contributed by atoms with Crippen LogP contribution in [-0.4, -0.2) is 11.8 Å². The summed E-state index contributed by atoms with van der Waals surface area (Å²) in [6.07, 6.45) is -3.34. The van der Waals surface area contributed by atoms with Crippen LogP contribution >= 0.6 is 0 Å². The Morgan fingerprint density at radius 1 is 1.90 bits per heavy atom. The second-order valence-electron chi connectivity index (χ2n) is 1.37. The fourth-order valence-corrected chi connectivity index (χ4v) is 0.221. The van der Waals surface area contributed by atoms with Crippen LogP contribution in [0.15, 0.2) is 0 Å². The van der Waals surface area contributed by atoms with Crippen LogP contribution < -0.4 is 34.7 Å². The molecule has 0 spiro atoms. The second-order valence-corrected chi connectivity index (χ2v) is 1.37. The summed E-state index contributed by atoms with van der Waals surface area (Å²) in [5, 5.41) is 10.2. The molecule has 0 aliphatic heterocycles. The fraction of sp³-hybridized carbons (Fsp3) is 0.667. The van der Waals surface area contributed by atoms with Gasteiger partial charge in [0.05, 0.1) is 0 Å². The van der Waals surface area contributed by atoms with Crippen molar-refractivity contribution in [1.82, 2.24) is 0 Å². The average Bonchev–Trinajstić information content (AvgIpc) is 2.00. The molecule has 0 N–H and O–H groups in total. The van der Waals surface area contributed by atoms with Gasteiger partial charge in [-0.2, -0.15) is 0 Å². The van der Waals surface area contributed by atoms with Crippen LogP contribution in [-0.2, 0) is 9.59 Å². The van der Waals surface area contributed by atoms with Gasteiger partial charge in [-0.3, -0.25) is 4.79 Å². The topological polar surface area (TPSA) is 57.2 Å². The van der Waals surface area contributed by atoms with E-state index in [-0.39, 0.29) is 29.6 Å². The molecule has 0 saturated carbocycles. The zero-order valence-electron chi connectivity index (χ0n) is 11.7. The first-order chi connectivity index (χ1) is 6.35. The van der Waals surface area contributed by atoms with Crippen molar-refractivity contribution in [1.29, 1.82) is 0 Å². The predicted octanol–water partition coefficient (Wildman–Crippen LogP) is -3.64. The summed E-state index contributed by atoms with van der Waals surface area (Å²) in [5.41, 5.74) is 0. The van der Waals surface area contributed by atoms with E-state index in [0.29, 0.717) is 6.92 Å². The quantitative estimate of drug-likeness (QED) is 0.242. The molecule has 0 amide bonds. The number of carbonyl (C=O) groups excluding carboxylic acids is 2. The van der Waals surface area contributed by atoms with Crippen LogP contribution in [0.2, 0.25) is 0 Å². The van der Waals surface area contributed by atoms with E-state index in [2.05, 4.69) is 0 Å². The maximum atomic E-state index is 10.9. The Balaban J connectivity index is 0. The van der Waals surface area contributed by atoms with Gasteiger partial charge in [0.25, 0.3) is 0 Å².